The van der Waals surface area contributed by atoms with E-state index in [0.717, 1.165) is 22.1 Å². The zero-order valence-electron chi connectivity index (χ0n) is 10.8. The molecule has 0 saturated carbocycles. The number of anilines is 1. The lowest BCUT2D eigenvalue weighted by Gasteiger charge is -2.22. The zero-order chi connectivity index (χ0) is 13.9. The van der Waals surface area contributed by atoms with E-state index in [1.54, 1.807) is 6.20 Å². The molecule has 0 spiro atoms. The van der Waals surface area contributed by atoms with Crippen LogP contribution in [0.4, 0.5) is 5.69 Å². The van der Waals surface area contributed by atoms with Gasteiger partial charge in [-0.05, 0) is 36.8 Å². The third-order valence-corrected chi connectivity index (χ3v) is 4.01. The van der Waals surface area contributed by atoms with Crippen molar-refractivity contribution in [3.63, 3.8) is 0 Å². The summed E-state index contributed by atoms with van der Waals surface area (Å²) < 4.78 is 4.41. The Morgan fingerprint density at radius 1 is 1.35 bits per heavy atom. The molecular weight excluding hydrogens is 292 g/mol. The summed E-state index contributed by atoms with van der Waals surface area (Å²) in [5.74, 6) is 0.737. The van der Waals surface area contributed by atoms with Gasteiger partial charge in [0.15, 0.2) is 0 Å². The Hall–Kier alpha value is -1.72. The van der Waals surface area contributed by atoms with Crippen LogP contribution in [-0.2, 0) is 0 Å². The van der Waals surface area contributed by atoms with Gasteiger partial charge in [0.05, 0.1) is 16.6 Å². The minimum Gasteiger partial charge on any atom is -0.349 e. The Labute approximate surface area is 126 Å². The second kappa shape index (κ2) is 5.73. The van der Waals surface area contributed by atoms with Crippen LogP contribution < -0.4 is 10.6 Å². The van der Waals surface area contributed by atoms with E-state index in [9.17, 15) is 0 Å². The molecule has 0 amide bonds. The van der Waals surface area contributed by atoms with Crippen molar-refractivity contribution in [1.29, 1.82) is 0 Å². The van der Waals surface area contributed by atoms with Crippen LogP contribution in [0.15, 0.2) is 52.0 Å². The maximum Gasteiger partial charge on any atom is 0.208 e. The molecule has 1 atom stereocenters. The lowest BCUT2D eigenvalue weighted by molar-refractivity contribution is 0.712. The fraction of sp³-hybridized carbons (Fsp3) is 0.143. The Kier molecular flexibility index (Phi) is 3.80. The van der Waals surface area contributed by atoms with Gasteiger partial charge in [0.25, 0.3) is 0 Å². The Balaban J connectivity index is 1.71. The number of nitrogens with zero attached hydrogens (tertiary/aromatic N) is 2. The summed E-state index contributed by atoms with van der Waals surface area (Å²) in [6.07, 6.45) is 3.62. The van der Waals surface area contributed by atoms with E-state index in [-0.39, 0.29) is 6.04 Å². The standard InChI is InChI=1S/C14H13ClN4S/c1-9(10-3-2-6-16-8-10)17-14-18-12-5-4-11(15)7-13(12)20-19-14/h2-9H,1H3,(H2,17,18,19). The second-order valence-corrected chi connectivity index (χ2v) is 5.69. The molecule has 1 aromatic heterocycles. The number of halogens is 1. The molecule has 0 fully saturated rings. The molecule has 3 rings (SSSR count). The van der Waals surface area contributed by atoms with Gasteiger partial charge in [-0.25, -0.2) is 0 Å². The minimum atomic E-state index is 0.129. The Bertz CT molecular complexity index is 645. The minimum absolute atomic E-state index is 0.129. The van der Waals surface area contributed by atoms with Gasteiger partial charge in [-0.15, -0.1) is 0 Å². The molecule has 0 saturated heterocycles. The van der Waals surface area contributed by atoms with Gasteiger partial charge >= 0.3 is 0 Å². The van der Waals surface area contributed by atoms with E-state index < -0.39 is 0 Å². The number of hydrogen-bond acceptors (Lipinski definition) is 5. The third-order valence-electron chi connectivity index (χ3n) is 2.97. The van der Waals surface area contributed by atoms with Gasteiger partial charge in [-0.1, -0.05) is 17.7 Å². The van der Waals surface area contributed by atoms with E-state index in [1.807, 2.05) is 36.5 Å². The molecule has 102 valence electrons. The molecule has 2 aromatic rings. The molecule has 0 aliphatic carbocycles. The van der Waals surface area contributed by atoms with Crippen LogP contribution in [0.3, 0.4) is 0 Å². The van der Waals surface area contributed by atoms with Crippen LogP contribution in [-0.4, -0.2) is 10.9 Å². The molecule has 2 heterocycles. The van der Waals surface area contributed by atoms with Gasteiger partial charge < -0.3 is 10.6 Å². The van der Waals surface area contributed by atoms with E-state index in [0.29, 0.717) is 5.02 Å². The number of pyridine rings is 1. The number of fused-ring (bicyclic) bond motifs is 1. The summed E-state index contributed by atoms with van der Waals surface area (Å²) in [6, 6.07) is 9.81. The summed E-state index contributed by atoms with van der Waals surface area (Å²) in [7, 11) is 0. The highest BCUT2D eigenvalue weighted by molar-refractivity contribution is 7.98. The summed E-state index contributed by atoms with van der Waals surface area (Å²) in [4.78, 5) is 5.15. The SMILES string of the molecule is CC(NC1=NSc2cc(Cl)ccc2N1)c1cccnc1. The van der Waals surface area contributed by atoms with Crippen LogP contribution in [0.25, 0.3) is 0 Å². The number of aromatic nitrogens is 1. The van der Waals surface area contributed by atoms with Gasteiger partial charge in [-0.2, -0.15) is 4.40 Å². The van der Waals surface area contributed by atoms with Gasteiger partial charge in [-0.3, -0.25) is 4.98 Å². The molecule has 0 radical (unpaired) electrons. The highest BCUT2D eigenvalue weighted by atomic mass is 35.5. The Morgan fingerprint density at radius 2 is 2.25 bits per heavy atom. The normalized spacial score (nSPS) is 14.8. The largest absolute Gasteiger partial charge is 0.349 e. The Morgan fingerprint density at radius 3 is 3.05 bits per heavy atom. The lowest BCUT2D eigenvalue weighted by Crippen LogP contribution is -2.33. The molecule has 20 heavy (non-hydrogen) atoms. The molecule has 1 unspecified atom stereocenters. The predicted octanol–water partition coefficient (Wildman–Crippen LogP) is 3.87. The summed E-state index contributed by atoms with van der Waals surface area (Å²) in [5.41, 5.74) is 2.12. The lowest BCUT2D eigenvalue weighted by atomic mass is 10.1. The predicted molar refractivity (Wildman–Crippen MR) is 84.2 cm³/mol. The van der Waals surface area contributed by atoms with E-state index >= 15 is 0 Å². The molecule has 1 aromatic carbocycles. The van der Waals surface area contributed by atoms with Crippen LogP contribution in [0.5, 0.6) is 0 Å². The third kappa shape index (κ3) is 2.89. The smallest absolute Gasteiger partial charge is 0.208 e. The highest BCUT2D eigenvalue weighted by Gasteiger charge is 2.15. The topological polar surface area (TPSA) is 49.3 Å². The van der Waals surface area contributed by atoms with Crippen molar-refractivity contribution in [3.05, 3.63) is 53.3 Å². The number of rotatable bonds is 2. The first-order valence-corrected chi connectivity index (χ1v) is 7.35. The molecular formula is C14H13ClN4S. The second-order valence-electron chi connectivity index (χ2n) is 4.45. The van der Waals surface area contributed by atoms with Crippen molar-refractivity contribution >= 4 is 35.2 Å². The van der Waals surface area contributed by atoms with Crippen LogP contribution in [0.2, 0.25) is 5.02 Å². The fourth-order valence-corrected chi connectivity index (χ4v) is 2.82. The zero-order valence-corrected chi connectivity index (χ0v) is 12.4. The molecule has 2 N–H and O–H groups in total. The van der Waals surface area contributed by atoms with Gasteiger partial charge in [0.2, 0.25) is 5.96 Å². The van der Waals surface area contributed by atoms with Crippen molar-refractivity contribution in [2.24, 2.45) is 4.40 Å². The first-order chi connectivity index (χ1) is 9.72. The van der Waals surface area contributed by atoms with Gasteiger partial charge in [0.1, 0.15) is 0 Å². The quantitative estimate of drug-likeness (QED) is 0.827. The summed E-state index contributed by atoms with van der Waals surface area (Å²) in [6.45, 7) is 2.07. The average Bonchev–Trinajstić information content (AvgIpc) is 2.48. The van der Waals surface area contributed by atoms with Crippen LogP contribution >= 0.6 is 23.5 Å². The first kappa shape index (κ1) is 13.3. The fourth-order valence-electron chi connectivity index (χ4n) is 1.90. The van der Waals surface area contributed by atoms with Crippen molar-refractivity contribution < 1.29 is 0 Å². The van der Waals surface area contributed by atoms with Gasteiger partial charge in [0, 0.05) is 29.4 Å². The summed E-state index contributed by atoms with van der Waals surface area (Å²) in [5, 5.41) is 7.32. The number of hydrogen-bond donors (Lipinski definition) is 2. The van der Waals surface area contributed by atoms with Crippen LogP contribution in [0, 0.1) is 0 Å². The molecule has 4 nitrogen and oxygen atoms in total. The molecule has 0 bridgehead atoms. The first-order valence-electron chi connectivity index (χ1n) is 6.20. The number of guanidine groups is 1. The maximum atomic E-state index is 5.97. The van der Waals surface area contributed by atoms with Crippen molar-refractivity contribution in [2.75, 3.05) is 5.32 Å². The van der Waals surface area contributed by atoms with E-state index in [1.165, 1.54) is 11.9 Å². The monoisotopic (exact) mass is 304 g/mol. The molecule has 6 heteroatoms. The number of nitrogens with one attached hydrogen (secondary N) is 2. The maximum absolute atomic E-state index is 5.97. The summed E-state index contributed by atoms with van der Waals surface area (Å²) >= 11 is 7.38. The molecule has 1 aliphatic rings. The van der Waals surface area contributed by atoms with Crippen molar-refractivity contribution in [3.8, 4) is 0 Å². The average molecular weight is 305 g/mol. The highest BCUT2D eigenvalue weighted by Crippen LogP contribution is 2.33. The van der Waals surface area contributed by atoms with Crippen molar-refractivity contribution in [2.45, 2.75) is 17.9 Å². The number of benzene rings is 1. The van der Waals surface area contributed by atoms with Crippen LogP contribution in [0.1, 0.15) is 18.5 Å². The molecule has 1 aliphatic heterocycles. The van der Waals surface area contributed by atoms with E-state index in [2.05, 4.69) is 26.9 Å². The van der Waals surface area contributed by atoms with E-state index in [4.69, 9.17) is 11.6 Å². The van der Waals surface area contributed by atoms with Crippen molar-refractivity contribution in [1.82, 2.24) is 10.3 Å².